The number of morpholine rings is 1. The Morgan fingerprint density at radius 3 is 2.77 bits per heavy atom. The molecule has 0 radical (unpaired) electrons. The van der Waals surface area contributed by atoms with Gasteiger partial charge in [-0.25, -0.2) is 0 Å². The second-order valence-electron chi connectivity index (χ2n) is 8.23. The highest BCUT2D eigenvalue weighted by Crippen LogP contribution is 2.19. The molecule has 164 valence electrons. The van der Waals surface area contributed by atoms with E-state index < -0.39 is 0 Å². The molecule has 2 N–H and O–H groups in total. The van der Waals surface area contributed by atoms with Crippen molar-refractivity contribution in [3.63, 3.8) is 0 Å². The van der Waals surface area contributed by atoms with Crippen LogP contribution in [0.1, 0.15) is 37.0 Å². The van der Waals surface area contributed by atoms with E-state index in [0.717, 1.165) is 67.8 Å². The van der Waals surface area contributed by atoms with Crippen LogP contribution in [0.2, 0.25) is 0 Å². The molecule has 1 fully saturated rings. The number of fused-ring (bicyclic) bond motifs is 1. The molecule has 1 saturated heterocycles. The molecule has 3 rings (SSSR count). The number of H-pyrrole nitrogens is 1. The normalized spacial score (nSPS) is 15.9. The first kappa shape index (κ1) is 22.7. The first-order valence-electron chi connectivity index (χ1n) is 10.9. The number of hydrogen-bond donors (Lipinski definition) is 2. The van der Waals surface area contributed by atoms with Crippen LogP contribution >= 0.6 is 12.2 Å². The van der Waals surface area contributed by atoms with Gasteiger partial charge in [-0.3, -0.25) is 9.69 Å². The summed E-state index contributed by atoms with van der Waals surface area (Å²) in [6.07, 6.45) is 0.993. The summed E-state index contributed by atoms with van der Waals surface area (Å²) in [5.41, 5.74) is 3.91. The molecule has 0 bridgehead atoms. The minimum absolute atomic E-state index is 0.0427. The third-order valence-electron chi connectivity index (χ3n) is 6.05. The van der Waals surface area contributed by atoms with Gasteiger partial charge in [-0.2, -0.15) is 0 Å². The molecule has 0 amide bonds. The molecule has 2 aromatic rings. The minimum Gasteiger partial charge on any atom is -0.379 e. The smallest absolute Gasteiger partial charge is 0.253 e. The summed E-state index contributed by atoms with van der Waals surface area (Å²) in [5.74, 6) is 0. The van der Waals surface area contributed by atoms with E-state index in [1.165, 1.54) is 5.56 Å². The molecule has 1 aliphatic rings. The first-order chi connectivity index (χ1) is 14.4. The first-order valence-corrected chi connectivity index (χ1v) is 11.3. The number of aromatic nitrogens is 1. The molecule has 1 aliphatic heterocycles. The van der Waals surface area contributed by atoms with Gasteiger partial charge in [-0.1, -0.05) is 19.1 Å². The number of rotatable bonds is 7. The molecule has 6 nitrogen and oxygen atoms in total. The summed E-state index contributed by atoms with van der Waals surface area (Å²) in [5, 5.41) is 5.18. The molecule has 30 heavy (non-hydrogen) atoms. The Labute approximate surface area is 184 Å². The van der Waals surface area contributed by atoms with Gasteiger partial charge in [0.05, 0.1) is 25.3 Å². The Bertz CT molecular complexity index is 937. The van der Waals surface area contributed by atoms with Gasteiger partial charge in [0.1, 0.15) is 0 Å². The summed E-state index contributed by atoms with van der Waals surface area (Å²) >= 11 is 5.72. The van der Waals surface area contributed by atoms with Gasteiger partial charge in [0.15, 0.2) is 5.11 Å². The van der Waals surface area contributed by atoms with Gasteiger partial charge in [0.2, 0.25) is 0 Å². The molecular weight excluding hydrogens is 396 g/mol. The zero-order chi connectivity index (χ0) is 21.7. The number of benzene rings is 1. The zero-order valence-corrected chi connectivity index (χ0v) is 19.4. The van der Waals surface area contributed by atoms with E-state index in [9.17, 15) is 4.79 Å². The van der Waals surface area contributed by atoms with Gasteiger partial charge < -0.3 is 19.9 Å². The summed E-state index contributed by atoms with van der Waals surface area (Å²) in [6.45, 7) is 14.0. The average Bonchev–Trinajstić information content (AvgIpc) is 2.75. The maximum Gasteiger partial charge on any atom is 0.253 e. The number of aromatic amines is 1. The molecule has 1 unspecified atom stereocenters. The van der Waals surface area contributed by atoms with E-state index >= 15 is 0 Å². The third-order valence-corrected chi connectivity index (χ3v) is 6.42. The number of nitrogens with zero attached hydrogens (tertiary/aromatic N) is 2. The zero-order valence-electron chi connectivity index (χ0n) is 18.6. The van der Waals surface area contributed by atoms with Crippen LogP contribution in [0, 0.1) is 13.8 Å². The monoisotopic (exact) mass is 430 g/mol. The lowest BCUT2D eigenvalue weighted by molar-refractivity contribution is 0.0357. The van der Waals surface area contributed by atoms with Crippen molar-refractivity contribution in [2.75, 3.05) is 39.4 Å². The SMILES string of the molecule is CCC(C)NC(=S)N(CCN1CCOCC1)Cc1cc2ccc(C)c(C)c2[nH]c1=O. The number of ether oxygens (including phenoxy) is 1. The average molecular weight is 431 g/mol. The van der Waals surface area contributed by atoms with Crippen LogP contribution in [0.25, 0.3) is 10.9 Å². The lowest BCUT2D eigenvalue weighted by Crippen LogP contribution is -2.48. The predicted octanol–water partition coefficient (Wildman–Crippen LogP) is 2.95. The Balaban J connectivity index is 1.81. The lowest BCUT2D eigenvalue weighted by atomic mass is 10.0. The highest BCUT2D eigenvalue weighted by atomic mass is 32.1. The van der Waals surface area contributed by atoms with Crippen LogP contribution in [0.3, 0.4) is 0 Å². The fraction of sp³-hybridized carbons (Fsp3) is 0.565. The maximum atomic E-state index is 12.9. The molecule has 7 heteroatoms. The number of pyridine rings is 1. The Kier molecular flexibility index (Phi) is 7.86. The lowest BCUT2D eigenvalue weighted by Gasteiger charge is -2.32. The van der Waals surface area contributed by atoms with E-state index in [1.54, 1.807) is 0 Å². The van der Waals surface area contributed by atoms with E-state index in [0.29, 0.717) is 17.7 Å². The minimum atomic E-state index is -0.0427. The van der Waals surface area contributed by atoms with Crippen molar-refractivity contribution in [2.45, 2.75) is 46.7 Å². The Morgan fingerprint density at radius 1 is 1.33 bits per heavy atom. The fourth-order valence-electron chi connectivity index (χ4n) is 3.64. The molecule has 0 saturated carbocycles. The number of thiocarbonyl (C=S) groups is 1. The van der Waals surface area contributed by atoms with Crippen LogP contribution in [-0.4, -0.2) is 65.3 Å². The molecule has 1 atom stereocenters. The van der Waals surface area contributed by atoms with Crippen molar-refractivity contribution in [2.24, 2.45) is 0 Å². The van der Waals surface area contributed by atoms with Crippen LogP contribution in [0.15, 0.2) is 23.0 Å². The number of aryl methyl sites for hydroxylation is 2. The van der Waals surface area contributed by atoms with Crippen molar-refractivity contribution in [1.82, 2.24) is 20.1 Å². The van der Waals surface area contributed by atoms with Gasteiger partial charge in [-0.15, -0.1) is 0 Å². The van der Waals surface area contributed by atoms with Crippen LogP contribution < -0.4 is 10.9 Å². The molecule has 1 aromatic heterocycles. The van der Waals surface area contributed by atoms with E-state index in [2.05, 4.69) is 53.0 Å². The van der Waals surface area contributed by atoms with Crippen molar-refractivity contribution in [3.05, 3.63) is 45.2 Å². The van der Waals surface area contributed by atoms with Crippen molar-refractivity contribution < 1.29 is 4.74 Å². The molecule has 1 aromatic carbocycles. The van der Waals surface area contributed by atoms with Gasteiger partial charge in [-0.05, 0) is 62.0 Å². The summed E-state index contributed by atoms with van der Waals surface area (Å²) in [4.78, 5) is 20.5. The van der Waals surface area contributed by atoms with Crippen molar-refractivity contribution in [3.8, 4) is 0 Å². The Morgan fingerprint density at radius 2 is 2.07 bits per heavy atom. The largest absolute Gasteiger partial charge is 0.379 e. The number of hydrogen-bond acceptors (Lipinski definition) is 4. The number of nitrogens with one attached hydrogen (secondary N) is 2. The third kappa shape index (κ3) is 5.59. The van der Waals surface area contributed by atoms with Crippen LogP contribution in [-0.2, 0) is 11.3 Å². The van der Waals surface area contributed by atoms with Crippen LogP contribution in [0.4, 0.5) is 0 Å². The van der Waals surface area contributed by atoms with E-state index in [-0.39, 0.29) is 5.56 Å². The topological polar surface area (TPSA) is 60.6 Å². The maximum absolute atomic E-state index is 12.9. The van der Waals surface area contributed by atoms with Crippen molar-refractivity contribution in [1.29, 1.82) is 0 Å². The summed E-state index contributed by atoms with van der Waals surface area (Å²) < 4.78 is 5.45. The molecular formula is C23H34N4O2S. The second-order valence-corrected chi connectivity index (χ2v) is 8.62. The summed E-state index contributed by atoms with van der Waals surface area (Å²) in [6, 6.07) is 6.48. The van der Waals surface area contributed by atoms with Gasteiger partial charge in [0, 0.05) is 37.8 Å². The Hall–Kier alpha value is -1.96. The molecule has 0 spiro atoms. The molecule has 0 aliphatic carbocycles. The second kappa shape index (κ2) is 10.4. The highest BCUT2D eigenvalue weighted by molar-refractivity contribution is 7.80. The van der Waals surface area contributed by atoms with Crippen molar-refractivity contribution >= 4 is 28.2 Å². The predicted molar refractivity (Wildman–Crippen MR) is 127 cm³/mol. The standard InChI is InChI=1S/C23H34N4O2S/c1-5-17(3)24-23(30)27(9-8-26-10-12-29-13-11-26)15-20-14-19-7-6-16(2)18(4)21(19)25-22(20)28/h6-7,14,17H,5,8-13,15H2,1-4H3,(H,24,30)(H,25,28). The van der Waals surface area contributed by atoms with E-state index in [4.69, 9.17) is 17.0 Å². The van der Waals surface area contributed by atoms with Crippen LogP contribution in [0.5, 0.6) is 0 Å². The van der Waals surface area contributed by atoms with Gasteiger partial charge in [0.25, 0.3) is 5.56 Å². The quantitative estimate of drug-likeness (QED) is 0.659. The molecule has 2 heterocycles. The highest BCUT2D eigenvalue weighted by Gasteiger charge is 2.18. The fourth-order valence-corrected chi connectivity index (χ4v) is 3.99. The van der Waals surface area contributed by atoms with Gasteiger partial charge >= 0.3 is 0 Å². The van der Waals surface area contributed by atoms with E-state index in [1.807, 2.05) is 13.0 Å². The summed E-state index contributed by atoms with van der Waals surface area (Å²) in [7, 11) is 0.